The highest BCUT2D eigenvalue weighted by Gasteiger charge is 2.48. The predicted octanol–water partition coefficient (Wildman–Crippen LogP) is 0.244. The third kappa shape index (κ3) is 2.25. The van der Waals surface area contributed by atoms with E-state index in [1.165, 1.54) is 4.31 Å². The Kier molecular flexibility index (Phi) is 3.15. The number of nitrogens with zero attached hydrogens (tertiary/aromatic N) is 4. The first-order valence-electron chi connectivity index (χ1n) is 6.96. The van der Waals surface area contributed by atoms with Crippen LogP contribution in [0.5, 0.6) is 0 Å². The fraction of sp³-hybridized carbons (Fsp3) is 0.833. The lowest BCUT2D eigenvalue weighted by molar-refractivity contribution is 0.0484. The number of aromatic nitrogens is 3. The summed E-state index contributed by atoms with van der Waals surface area (Å²) in [6, 6.07) is 0.160. The molecule has 1 aromatic rings. The molecule has 112 valence electrons. The van der Waals surface area contributed by atoms with Gasteiger partial charge < -0.3 is 5.11 Å². The van der Waals surface area contributed by atoms with Crippen LogP contribution in [0.1, 0.15) is 44.8 Å². The third-order valence-corrected chi connectivity index (χ3v) is 6.38. The highest BCUT2D eigenvalue weighted by atomic mass is 32.2. The van der Waals surface area contributed by atoms with Gasteiger partial charge in [-0.3, -0.25) is 0 Å². The Labute approximate surface area is 118 Å². The third-order valence-electron chi connectivity index (χ3n) is 4.03. The normalized spacial score (nSPS) is 28.4. The predicted molar refractivity (Wildman–Crippen MR) is 72.4 cm³/mol. The van der Waals surface area contributed by atoms with Crippen molar-refractivity contribution < 1.29 is 13.5 Å². The van der Waals surface area contributed by atoms with Gasteiger partial charge >= 0.3 is 0 Å². The molecule has 2 fully saturated rings. The van der Waals surface area contributed by atoms with E-state index >= 15 is 0 Å². The molecule has 8 heteroatoms. The van der Waals surface area contributed by atoms with Crippen molar-refractivity contribution >= 4 is 10.0 Å². The van der Waals surface area contributed by atoms with Gasteiger partial charge in [0.1, 0.15) is 11.3 Å². The van der Waals surface area contributed by atoms with E-state index in [4.69, 9.17) is 0 Å². The lowest BCUT2D eigenvalue weighted by Gasteiger charge is -2.20. The molecule has 1 N–H and O–H groups in total. The monoisotopic (exact) mass is 300 g/mol. The van der Waals surface area contributed by atoms with Crippen LogP contribution in [-0.2, 0) is 15.6 Å². The van der Waals surface area contributed by atoms with Crippen molar-refractivity contribution in [1.82, 2.24) is 19.3 Å². The molecular formula is C12H20N4O3S. The SMILES string of the molecule is CC(C)n1cc([C@@]2(O)CCN(S(=O)(=O)C3CC3)C2)nn1. The van der Waals surface area contributed by atoms with Gasteiger partial charge in [0, 0.05) is 19.1 Å². The van der Waals surface area contributed by atoms with E-state index in [1.807, 2.05) is 13.8 Å². The van der Waals surface area contributed by atoms with Crippen molar-refractivity contribution in [3.8, 4) is 0 Å². The second-order valence-electron chi connectivity index (χ2n) is 6.04. The molecule has 1 aliphatic carbocycles. The maximum absolute atomic E-state index is 12.2. The van der Waals surface area contributed by atoms with Crippen molar-refractivity contribution in [3.05, 3.63) is 11.9 Å². The largest absolute Gasteiger partial charge is 0.382 e. The summed E-state index contributed by atoms with van der Waals surface area (Å²) in [4.78, 5) is 0. The first kappa shape index (κ1) is 14.0. The smallest absolute Gasteiger partial charge is 0.217 e. The van der Waals surface area contributed by atoms with Crippen LogP contribution in [0.2, 0.25) is 0 Å². The zero-order valence-corrected chi connectivity index (χ0v) is 12.5. The Morgan fingerprint density at radius 2 is 2.15 bits per heavy atom. The fourth-order valence-electron chi connectivity index (χ4n) is 2.50. The number of β-amino-alcohol motifs (C(OH)–C–C–N with tert-alkyl or cyclic N) is 1. The summed E-state index contributed by atoms with van der Waals surface area (Å²) in [5, 5.41) is 18.4. The van der Waals surface area contributed by atoms with E-state index in [1.54, 1.807) is 10.9 Å². The molecule has 2 aliphatic rings. The van der Waals surface area contributed by atoms with Gasteiger partial charge in [0.05, 0.1) is 11.4 Å². The molecule has 1 atom stereocenters. The zero-order chi connectivity index (χ0) is 14.5. The van der Waals surface area contributed by atoms with Gasteiger partial charge in [-0.25, -0.2) is 13.1 Å². The van der Waals surface area contributed by atoms with Crippen LogP contribution in [0.4, 0.5) is 0 Å². The van der Waals surface area contributed by atoms with Crippen LogP contribution < -0.4 is 0 Å². The van der Waals surface area contributed by atoms with Crippen molar-refractivity contribution in [1.29, 1.82) is 0 Å². The molecular weight excluding hydrogens is 280 g/mol. The van der Waals surface area contributed by atoms with Crippen LogP contribution in [0.25, 0.3) is 0 Å². The fourth-order valence-corrected chi connectivity index (χ4v) is 4.40. The minimum Gasteiger partial charge on any atom is -0.382 e. The summed E-state index contributed by atoms with van der Waals surface area (Å²) in [7, 11) is -3.24. The van der Waals surface area contributed by atoms with E-state index in [0.29, 0.717) is 18.7 Å². The van der Waals surface area contributed by atoms with Crippen LogP contribution in [0, 0.1) is 0 Å². The zero-order valence-electron chi connectivity index (χ0n) is 11.7. The summed E-state index contributed by atoms with van der Waals surface area (Å²) in [6.07, 6.45) is 3.55. The molecule has 0 amide bonds. The van der Waals surface area contributed by atoms with E-state index in [0.717, 1.165) is 12.8 Å². The quantitative estimate of drug-likeness (QED) is 0.861. The summed E-state index contributed by atoms with van der Waals surface area (Å²) in [6.45, 7) is 4.38. The minimum absolute atomic E-state index is 0.0859. The van der Waals surface area contributed by atoms with Crippen LogP contribution in [0.15, 0.2) is 6.20 Å². The van der Waals surface area contributed by atoms with E-state index < -0.39 is 15.6 Å². The molecule has 1 saturated carbocycles. The van der Waals surface area contributed by atoms with E-state index in [9.17, 15) is 13.5 Å². The van der Waals surface area contributed by atoms with Gasteiger partial charge in [-0.05, 0) is 33.1 Å². The van der Waals surface area contributed by atoms with E-state index in [2.05, 4.69) is 10.3 Å². The molecule has 0 radical (unpaired) electrons. The molecule has 1 aliphatic heterocycles. The summed E-state index contributed by atoms with van der Waals surface area (Å²) in [5.74, 6) is 0. The first-order chi connectivity index (χ1) is 9.33. The van der Waals surface area contributed by atoms with Crippen molar-refractivity contribution in [3.63, 3.8) is 0 Å². The molecule has 1 aromatic heterocycles. The topological polar surface area (TPSA) is 88.3 Å². The van der Waals surface area contributed by atoms with Crippen LogP contribution in [-0.4, -0.2) is 51.2 Å². The second-order valence-corrected chi connectivity index (χ2v) is 8.25. The Morgan fingerprint density at radius 3 is 2.70 bits per heavy atom. The van der Waals surface area contributed by atoms with Crippen LogP contribution in [0.3, 0.4) is 0 Å². The number of sulfonamides is 1. The molecule has 20 heavy (non-hydrogen) atoms. The molecule has 0 unspecified atom stereocenters. The summed E-state index contributed by atoms with van der Waals surface area (Å²) in [5.41, 5.74) is -0.755. The molecule has 0 bridgehead atoms. The maximum Gasteiger partial charge on any atom is 0.217 e. The van der Waals surface area contributed by atoms with Gasteiger partial charge in [0.2, 0.25) is 10.0 Å². The molecule has 7 nitrogen and oxygen atoms in total. The van der Waals surface area contributed by atoms with Gasteiger partial charge in [-0.2, -0.15) is 4.31 Å². The first-order valence-corrected chi connectivity index (χ1v) is 8.47. The van der Waals surface area contributed by atoms with Crippen molar-refractivity contribution in [2.24, 2.45) is 0 Å². The highest BCUT2D eigenvalue weighted by molar-refractivity contribution is 7.90. The maximum atomic E-state index is 12.2. The Balaban J connectivity index is 1.80. The van der Waals surface area contributed by atoms with E-state index in [-0.39, 0.29) is 17.8 Å². The highest BCUT2D eigenvalue weighted by Crippen LogP contribution is 2.37. The number of hydrogen-bond donors (Lipinski definition) is 1. The number of hydrogen-bond acceptors (Lipinski definition) is 5. The van der Waals surface area contributed by atoms with Gasteiger partial charge in [-0.15, -0.1) is 5.10 Å². The Hall–Kier alpha value is -0.990. The standard InChI is InChI=1S/C12H20N4O3S/c1-9(2)16-7-11(13-14-16)12(17)5-6-15(8-12)20(18,19)10-3-4-10/h7,9-10,17H,3-6,8H2,1-2H3/t12-/m1/s1. The lowest BCUT2D eigenvalue weighted by Crippen LogP contribution is -2.36. The minimum atomic E-state index is -3.24. The van der Waals surface area contributed by atoms with Gasteiger partial charge in [0.15, 0.2) is 0 Å². The molecule has 0 spiro atoms. The van der Waals surface area contributed by atoms with Gasteiger partial charge in [-0.1, -0.05) is 5.21 Å². The summed E-state index contributed by atoms with van der Waals surface area (Å²) < 4.78 is 27.5. The Morgan fingerprint density at radius 1 is 1.45 bits per heavy atom. The van der Waals surface area contributed by atoms with Crippen LogP contribution >= 0.6 is 0 Å². The molecule has 0 aromatic carbocycles. The van der Waals surface area contributed by atoms with Gasteiger partial charge in [0.25, 0.3) is 0 Å². The second kappa shape index (κ2) is 4.51. The number of aliphatic hydroxyl groups is 1. The molecule has 3 rings (SSSR count). The molecule has 2 heterocycles. The Bertz CT molecular complexity index is 608. The lowest BCUT2D eigenvalue weighted by atomic mass is 10.00. The van der Waals surface area contributed by atoms with Crippen molar-refractivity contribution in [2.75, 3.05) is 13.1 Å². The summed E-state index contributed by atoms with van der Waals surface area (Å²) >= 11 is 0. The number of rotatable bonds is 4. The molecule has 1 saturated heterocycles. The average molecular weight is 300 g/mol. The average Bonchev–Trinajstić information content (AvgIpc) is 2.97. The van der Waals surface area contributed by atoms with Crippen molar-refractivity contribution in [2.45, 2.75) is 50.0 Å².